The maximum Gasteiger partial charge on any atom is 0.345 e. The predicted molar refractivity (Wildman–Crippen MR) is 85.4 cm³/mol. The molecule has 0 aliphatic carbocycles. The largest absolute Gasteiger partial charge is 0.477 e. The fourth-order valence-electron chi connectivity index (χ4n) is 2.00. The summed E-state index contributed by atoms with van der Waals surface area (Å²) in [6.45, 7) is 4.72. The minimum Gasteiger partial charge on any atom is -0.477 e. The minimum atomic E-state index is -0.858. The number of benzene rings is 1. The minimum absolute atomic E-state index is 0.193. The van der Waals surface area contributed by atoms with Crippen molar-refractivity contribution < 1.29 is 9.90 Å². The fraction of sp³-hybridized carbons (Fsp3) is 0.267. The number of thiophene rings is 1. The van der Waals surface area contributed by atoms with Crippen LogP contribution in [-0.4, -0.2) is 11.1 Å². The van der Waals surface area contributed by atoms with Gasteiger partial charge in [-0.15, -0.1) is 11.3 Å². The zero-order valence-electron chi connectivity index (χ0n) is 11.3. The van der Waals surface area contributed by atoms with Crippen molar-refractivity contribution in [1.29, 1.82) is 0 Å². The average Bonchev–Trinajstić information content (AvgIpc) is 2.78. The zero-order valence-corrected chi connectivity index (χ0v) is 13.7. The van der Waals surface area contributed by atoms with Crippen molar-refractivity contribution in [2.24, 2.45) is 0 Å². The summed E-state index contributed by atoms with van der Waals surface area (Å²) < 4.78 is 1.08. The van der Waals surface area contributed by atoms with Crippen molar-refractivity contribution in [2.75, 3.05) is 0 Å². The molecular formula is C15H16BrNO2S. The number of halogens is 1. The van der Waals surface area contributed by atoms with E-state index in [-0.39, 0.29) is 6.04 Å². The summed E-state index contributed by atoms with van der Waals surface area (Å²) in [6, 6.07) is 10.0. The maximum atomic E-state index is 11.0. The number of rotatable bonds is 5. The molecule has 0 fully saturated rings. The molecule has 106 valence electrons. The van der Waals surface area contributed by atoms with Crippen LogP contribution in [0.3, 0.4) is 0 Å². The Morgan fingerprint density at radius 2 is 2.15 bits per heavy atom. The smallest absolute Gasteiger partial charge is 0.345 e. The lowest BCUT2D eigenvalue weighted by atomic mass is 10.1. The van der Waals surface area contributed by atoms with Gasteiger partial charge in [0.05, 0.1) is 0 Å². The van der Waals surface area contributed by atoms with Gasteiger partial charge >= 0.3 is 5.97 Å². The topological polar surface area (TPSA) is 49.3 Å². The second-order valence-electron chi connectivity index (χ2n) is 4.62. The molecule has 0 bridgehead atoms. The van der Waals surface area contributed by atoms with E-state index in [0.29, 0.717) is 11.4 Å². The highest BCUT2D eigenvalue weighted by atomic mass is 79.9. The van der Waals surface area contributed by atoms with E-state index in [4.69, 9.17) is 5.11 Å². The van der Waals surface area contributed by atoms with Crippen molar-refractivity contribution in [3.8, 4) is 0 Å². The monoisotopic (exact) mass is 353 g/mol. The van der Waals surface area contributed by atoms with Crippen LogP contribution in [0.15, 0.2) is 34.8 Å². The van der Waals surface area contributed by atoms with Gasteiger partial charge in [-0.2, -0.15) is 0 Å². The Kier molecular flexibility index (Phi) is 4.96. The molecule has 0 spiro atoms. The SMILES string of the molecule is Cc1sc(C(=O)O)cc1CN[C@@H](C)c1ccccc1Br. The molecule has 0 saturated heterocycles. The Bertz CT molecular complexity index is 624. The van der Waals surface area contributed by atoms with Gasteiger partial charge in [0.2, 0.25) is 0 Å². The molecule has 0 radical (unpaired) electrons. The van der Waals surface area contributed by atoms with Crippen molar-refractivity contribution in [3.05, 3.63) is 55.7 Å². The van der Waals surface area contributed by atoms with Crippen LogP contribution in [0.1, 0.15) is 38.6 Å². The van der Waals surface area contributed by atoms with Gasteiger partial charge in [0.25, 0.3) is 0 Å². The second kappa shape index (κ2) is 6.52. The second-order valence-corrected chi connectivity index (χ2v) is 6.73. The first-order valence-corrected chi connectivity index (χ1v) is 7.90. The van der Waals surface area contributed by atoms with Gasteiger partial charge in [0.15, 0.2) is 0 Å². The molecule has 1 aromatic heterocycles. The third kappa shape index (κ3) is 3.48. The first-order valence-electron chi connectivity index (χ1n) is 6.29. The molecule has 1 aromatic carbocycles. The van der Waals surface area contributed by atoms with Crippen molar-refractivity contribution >= 4 is 33.2 Å². The number of nitrogens with one attached hydrogen (secondary N) is 1. The molecule has 1 heterocycles. The summed E-state index contributed by atoms with van der Waals surface area (Å²) in [4.78, 5) is 12.4. The lowest BCUT2D eigenvalue weighted by Gasteiger charge is -2.15. The molecular weight excluding hydrogens is 338 g/mol. The van der Waals surface area contributed by atoms with E-state index in [1.165, 1.54) is 16.9 Å². The molecule has 2 aromatic rings. The Morgan fingerprint density at radius 1 is 1.45 bits per heavy atom. The van der Waals surface area contributed by atoms with Gasteiger partial charge in [-0.3, -0.25) is 0 Å². The Morgan fingerprint density at radius 3 is 2.75 bits per heavy atom. The number of aromatic carboxylic acids is 1. The molecule has 1 atom stereocenters. The summed E-state index contributed by atoms with van der Waals surface area (Å²) in [5, 5.41) is 12.4. The van der Waals surface area contributed by atoms with Gasteiger partial charge in [-0.05, 0) is 37.1 Å². The standard InChI is InChI=1S/C15H16BrNO2S/c1-9(12-5-3-4-6-13(12)16)17-8-11-7-14(15(18)19)20-10(11)2/h3-7,9,17H,8H2,1-2H3,(H,18,19)/t9-/m0/s1. The number of carboxylic acid groups (broad SMARTS) is 1. The molecule has 20 heavy (non-hydrogen) atoms. The normalized spacial score (nSPS) is 12.3. The van der Waals surface area contributed by atoms with Gasteiger partial charge < -0.3 is 10.4 Å². The number of carboxylic acids is 1. The van der Waals surface area contributed by atoms with E-state index in [1.807, 2.05) is 25.1 Å². The van der Waals surface area contributed by atoms with E-state index < -0.39 is 5.97 Å². The zero-order chi connectivity index (χ0) is 14.7. The van der Waals surface area contributed by atoms with E-state index in [1.54, 1.807) is 6.07 Å². The van der Waals surface area contributed by atoms with E-state index in [9.17, 15) is 4.79 Å². The molecule has 0 amide bonds. The number of aryl methyl sites for hydroxylation is 1. The molecule has 2 rings (SSSR count). The van der Waals surface area contributed by atoms with Crippen LogP contribution in [0.25, 0.3) is 0 Å². The van der Waals surface area contributed by atoms with Gasteiger partial charge in [-0.25, -0.2) is 4.79 Å². The van der Waals surface area contributed by atoms with Crippen LogP contribution >= 0.6 is 27.3 Å². The average molecular weight is 354 g/mol. The number of carbonyl (C=O) groups is 1. The Hall–Kier alpha value is -1.17. The van der Waals surface area contributed by atoms with Crippen molar-refractivity contribution in [1.82, 2.24) is 5.32 Å². The fourth-order valence-corrected chi connectivity index (χ4v) is 3.51. The van der Waals surface area contributed by atoms with Gasteiger partial charge in [0.1, 0.15) is 4.88 Å². The van der Waals surface area contributed by atoms with Gasteiger partial charge in [-0.1, -0.05) is 34.1 Å². The summed E-state index contributed by atoms with van der Waals surface area (Å²) in [5.41, 5.74) is 2.24. The highest BCUT2D eigenvalue weighted by Gasteiger charge is 2.13. The third-order valence-corrected chi connectivity index (χ3v) is 5.00. The molecule has 0 saturated carbocycles. The quantitative estimate of drug-likeness (QED) is 0.838. The lowest BCUT2D eigenvalue weighted by molar-refractivity contribution is 0.0702. The summed E-state index contributed by atoms with van der Waals surface area (Å²) in [6.07, 6.45) is 0. The van der Waals surface area contributed by atoms with Crippen LogP contribution in [0.2, 0.25) is 0 Å². The number of hydrogen-bond acceptors (Lipinski definition) is 3. The summed E-state index contributed by atoms with van der Waals surface area (Å²) in [7, 11) is 0. The van der Waals surface area contributed by atoms with Gasteiger partial charge in [0, 0.05) is 21.9 Å². The molecule has 0 aliphatic rings. The molecule has 5 heteroatoms. The highest BCUT2D eigenvalue weighted by molar-refractivity contribution is 9.10. The maximum absolute atomic E-state index is 11.0. The van der Waals surface area contributed by atoms with Crippen LogP contribution < -0.4 is 5.32 Å². The first kappa shape index (κ1) is 15.2. The van der Waals surface area contributed by atoms with Crippen LogP contribution in [-0.2, 0) is 6.54 Å². The van der Waals surface area contributed by atoms with Crippen LogP contribution in [0.4, 0.5) is 0 Å². The van der Waals surface area contributed by atoms with Crippen molar-refractivity contribution in [2.45, 2.75) is 26.4 Å². The number of hydrogen-bond donors (Lipinski definition) is 2. The van der Waals surface area contributed by atoms with Crippen LogP contribution in [0.5, 0.6) is 0 Å². The molecule has 2 N–H and O–H groups in total. The van der Waals surface area contributed by atoms with Crippen molar-refractivity contribution in [3.63, 3.8) is 0 Å². The van der Waals surface area contributed by atoms with E-state index in [0.717, 1.165) is 14.9 Å². The Balaban J connectivity index is 2.05. The van der Waals surface area contributed by atoms with E-state index in [2.05, 4.69) is 34.2 Å². The Labute approximate surface area is 130 Å². The predicted octanol–water partition coefficient (Wildman–Crippen LogP) is 4.37. The molecule has 0 unspecified atom stereocenters. The highest BCUT2D eigenvalue weighted by Crippen LogP contribution is 2.25. The molecule has 3 nitrogen and oxygen atoms in total. The molecule has 0 aliphatic heterocycles. The van der Waals surface area contributed by atoms with E-state index >= 15 is 0 Å². The lowest BCUT2D eigenvalue weighted by Crippen LogP contribution is -2.18. The third-order valence-electron chi connectivity index (χ3n) is 3.20. The summed E-state index contributed by atoms with van der Waals surface area (Å²) >= 11 is 4.87. The van der Waals surface area contributed by atoms with Crippen LogP contribution in [0, 0.1) is 6.92 Å². The first-order chi connectivity index (χ1) is 9.49. The summed E-state index contributed by atoms with van der Waals surface area (Å²) in [5.74, 6) is -0.858.